The number of nitrogens with one attached hydrogen (secondary N) is 1. The van der Waals surface area contributed by atoms with Crippen LogP contribution in [0.15, 0.2) is 48.5 Å². The fourth-order valence-corrected chi connectivity index (χ4v) is 3.13. The average Bonchev–Trinajstić information content (AvgIpc) is 3.38. The minimum Gasteiger partial charge on any atom is -0.249 e. The number of hydrogen-bond donors (Lipinski definition) is 1. The molecule has 8 heteroatoms. The Hall–Kier alpha value is -3.26. The molecule has 4 aromatic rings. The van der Waals surface area contributed by atoms with Crippen LogP contribution >= 0.6 is 12.2 Å². The Balaban J connectivity index is 1.62. The zero-order chi connectivity index (χ0) is 18.6. The van der Waals surface area contributed by atoms with Crippen molar-refractivity contribution < 1.29 is 0 Å². The number of tetrazole rings is 1. The van der Waals surface area contributed by atoms with E-state index in [0.717, 1.165) is 34.6 Å². The molecule has 0 saturated carbocycles. The molecule has 2 heterocycles. The minimum absolute atomic E-state index is 0.591. The SMILES string of the molecule is CCn1nc(C=S)nc1Cc1ccc(-c2ccccc2-c2nnn[nH]2)cc1. The monoisotopic (exact) mass is 375 g/mol. The zero-order valence-electron chi connectivity index (χ0n) is 14.7. The Bertz CT molecular complexity index is 1050. The molecule has 0 amide bonds. The first-order valence-electron chi connectivity index (χ1n) is 8.60. The predicted octanol–water partition coefficient (Wildman–Crippen LogP) is 3.08. The number of aromatic nitrogens is 7. The van der Waals surface area contributed by atoms with Crippen molar-refractivity contribution in [3.8, 4) is 22.5 Å². The van der Waals surface area contributed by atoms with Gasteiger partial charge in [-0.05, 0) is 34.0 Å². The Morgan fingerprint density at radius 1 is 1.07 bits per heavy atom. The van der Waals surface area contributed by atoms with Crippen molar-refractivity contribution in [3.05, 3.63) is 65.7 Å². The predicted molar refractivity (Wildman–Crippen MR) is 106 cm³/mol. The van der Waals surface area contributed by atoms with Crippen LogP contribution in [0.5, 0.6) is 0 Å². The summed E-state index contributed by atoms with van der Waals surface area (Å²) in [7, 11) is 0. The minimum atomic E-state index is 0.591. The summed E-state index contributed by atoms with van der Waals surface area (Å²) in [5.41, 5.74) is 4.30. The van der Waals surface area contributed by atoms with Gasteiger partial charge < -0.3 is 0 Å². The first kappa shape index (κ1) is 17.2. The van der Waals surface area contributed by atoms with Gasteiger partial charge in [-0.15, -0.1) is 5.10 Å². The number of H-pyrrole nitrogens is 1. The lowest BCUT2D eigenvalue weighted by Crippen LogP contribution is -2.04. The molecule has 4 rings (SSSR count). The lowest BCUT2D eigenvalue weighted by Gasteiger charge is -2.08. The molecule has 2 aromatic carbocycles. The highest BCUT2D eigenvalue weighted by Gasteiger charge is 2.11. The lowest BCUT2D eigenvalue weighted by atomic mass is 9.98. The molecular formula is C19H17N7S. The van der Waals surface area contributed by atoms with Crippen LogP contribution in [-0.4, -0.2) is 40.8 Å². The third kappa shape index (κ3) is 3.52. The molecular weight excluding hydrogens is 358 g/mol. The molecule has 0 aliphatic rings. The first-order chi connectivity index (χ1) is 13.3. The Kier molecular flexibility index (Phi) is 4.80. The molecule has 0 aliphatic carbocycles. The molecule has 7 nitrogen and oxygen atoms in total. The molecule has 0 unspecified atom stereocenters. The van der Waals surface area contributed by atoms with Crippen LogP contribution in [0, 0.1) is 0 Å². The molecule has 0 spiro atoms. The van der Waals surface area contributed by atoms with E-state index in [1.807, 2.05) is 29.8 Å². The van der Waals surface area contributed by atoms with E-state index < -0.39 is 0 Å². The normalized spacial score (nSPS) is 10.9. The quantitative estimate of drug-likeness (QED) is 0.521. The number of benzene rings is 2. The van der Waals surface area contributed by atoms with E-state index in [1.165, 1.54) is 5.37 Å². The van der Waals surface area contributed by atoms with Gasteiger partial charge in [-0.3, -0.25) is 0 Å². The van der Waals surface area contributed by atoms with Gasteiger partial charge in [-0.25, -0.2) is 14.8 Å². The highest BCUT2D eigenvalue weighted by Crippen LogP contribution is 2.29. The number of aromatic amines is 1. The molecule has 0 bridgehead atoms. The summed E-state index contributed by atoms with van der Waals surface area (Å²) in [5, 5.41) is 20.1. The van der Waals surface area contributed by atoms with Crippen molar-refractivity contribution in [2.24, 2.45) is 0 Å². The zero-order valence-corrected chi connectivity index (χ0v) is 15.5. The van der Waals surface area contributed by atoms with Crippen molar-refractivity contribution in [2.75, 3.05) is 0 Å². The summed E-state index contributed by atoms with van der Waals surface area (Å²) in [6.45, 7) is 2.81. The largest absolute Gasteiger partial charge is 0.249 e. The molecule has 27 heavy (non-hydrogen) atoms. The van der Waals surface area contributed by atoms with Crippen LogP contribution in [0.25, 0.3) is 22.5 Å². The molecule has 0 atom stereocenters. The van der Waals surface area contributed by atoms with Crippen LogP contribution in [0.2, 0.25) is 0 Å². The van der Waals surface area contributed by atoms with Crippen LogP contribution in [0.1, 0.15) is 24.1 Å². The smallest absolute Gasteiger partial charge is 0.184 e. The van der Waals surface area contributed by atoms with E-state index in [0.29, 0.717) is 18.1 Å². The Morgan fingerprint density at radius 3 is 2.52 bits per heavy atom. The van der Waals surface area contributed by atoms with Crippen molar-refractivity contribution in [1.29, 1.82) is 0 Å². The van der Waals surface area contributed by atoms with E-state index in [9.17, 15) is 0 Å². The van der Waals surface area contributed by atoms with Gasteiger partial charge in [-0.2, -0.15) is 5.10 Å². The van der Waals surface area contributed by atoms with Crippen LogP contribution < -0.4 is 0 Å². The third-order valence-electron chi connectivity index (χ3n) is 4.32. The fraction of sp³-hybridized carbons (Fsp3) is 0.158. The highest BCUT2D eigenvalue weighted by atomic mass is 32.1. The average molecular weight is 375 g/mol. The highest BCUT2D eigenvalue weighted by molar-refractivity contribution is 7.79. The number of thiocarbonyl (C=S) groups is 1. The van der Waals surface area contributed by atoms with Gasteiger partial charge in [0.05, 0.1) is 0 Å². The van der Waals surface area contributed by atoms with Gasteiger partial charge in [0.25, 0.3) is 0 Å². The van der Waals surface area contributed by atoms with E-state index in [1.54, 1.807) is 0 Å². The van der Waals surface area contributed by atoms with Crippen molar-refractivity contribution in [3.63, 3.8) is 0 Å². The van der Waals surface area contributed by atoms with Gasteiger partial charge >= 0.3 is 0 Å². The second-order valence-corrected chi connectivity index (χ2v) is 6.22. The maximum atomic E-state index is 4.94. The topological polar surface area (TPSA) is 85.2 Å². The summed E-state index contributed by atoms with van der Waals surface area (Å²) in [4.78, 5) is 4.49. The Labute approximate surface area is 161 Å². The summed E-state index contributed by atoms with van der Waals surface area (Å²) in [6.07, 6.45) is 0.706. The van der Waals surface area contributed by atoms with Gasteiger partial charge in [0.2, 0.25) is 0 Å². The molecule has 134 valence electrons. The van der Waals surface area contributed by atoms with E-state index in [4.69, 9.17) is 12.2 Å². The van der Waals surface area contributed by atoms with E-state index in [2.05, 4.69) is 61.0 Å². The lowest BCUT2D eigenvalue weighted by molar-refractivity contribution is 0.624. The fourth-order valence-electron chi connectivity index (χ4n) is 3.03. The summed E-state index contributed by atoms with van der Waals surface area (Å²) in [5.74, 6) is 2.15. The summed E-state index contributed by atoms with van der Waals surface area (Å²) < 4.78 is 1.89. The van der Waals surface area contributed by atoms with Crippen molar-refractivity contribution in [2.45, 2.75) is 19.9 Å². The first-order valence-corrected chi connectivity index (χ1v) is 9.07. The summed E-state index contributed by atoms with van der Waals surface area (Å²) in [6, 6.07) is 16.5. The molecule has 0 aliphatic heterocycles. The summed E-state index contributed by atoms with van der Waals surface area (Å²) >= 11 is 4.94. The Morgan fingerprint density at radius 2 is 1.85 bits per heavy atom. The van der Waals surface area contributed by atoms with Crippen LogP contribution in [0.4, 0.5) is 0 Å². The van der Waals surface area contributed by atoms with Gasteiger partial charge in [-0.1, -0.05) is 60.7 Å². The van der Waals surface area contributed by atoms with Crippen LogP contribution in [0.3, 0.4) is 0 Å². The van der Waals surface area contributed by atoms with Gasteiger partial charge in [0.15, 0.2) is 11.6 Å². The number of nitrogens with zero attached hydrogens (tertiary/aromatic N) is 6. The molecule has 0 fully saturated rings. The third-order valence-corrected chi connectivity index (χ3v) is 4.54. The molecule has 0 radical (unpaired) electrons. The molecule has 2 aromatic heterocycles. The van der Waals surface area contributed by atoms with Gasteiger partial charge in [0.1, 0.15) is 5.82 Å². The van der Waals surface area contributed by atoms with Crippen molar-refractivity contribution in [1.82, 2.24) is 35.4 Å². The molecule has 1 N–H and O–H groups in total. The number of aryl methyl sites for hydroxylation is 1. The maximum absolute atomic E-state index is 4.94. The maximum Gasteiger partial charge on any atom is 0.184 e. The standard InChI is InChI=1S/C19H17N7S/c1-2-26-18(20-17(12-27)23-26)11-13-7-9-14(10-8-13)15-5-3-4-6-16(15)19-21-24-25-22-19/h3-10,12H,2,11H2,1H3,(H,21,22,24,25). The van der Waals surface area contributed by atoms with E-state index in [-0.39, 0.29) is 0 Å². The number of hydrogen-bond acceptors (Lipinski definition) is 6. The van der Waals surface area contributed by atoms with Crippen LogP contribution in [-0.2, 0) is 13.0 Å². The second-order valence-electron chi connectivity index (χ2n) is 5.99. The van der Waals surface area contributed by atoms with E-state index >= 15 is 0 Å². The van der Waals surface area contributed by atoms with Crippen molar-refractivity contribution >= 4 is 17.6 Å². The second kappa shape index (κ2) is 7.55. The number of rotatable bonds is 6. The molecule has 0 saturated heterocycles. The van der Waals surface area contributed by atoms with Gasteiger partial charge in [0, 0.05) is 23.9 Å².